The van der Waals surface area contributed by atoms with Crippen LogP contribution >= 0.6 is 0 Å². The van der Waals surface area contributed by atoms with Gasteiger partial charge in [0.25, 0.3) is 0 Å². The number of aliphatic hydroxyl groups is 2. The molecule has 0 aromatic carbocycles. The number of unbranched alkanes of at least 4 members (excludes halogenated alkanes) is 49. The van der Waals surface area contributed by atoms with Crippen LogP contribution < -0.4 is 5.32 Å². The fourth-order valence-electron chi connectivity index (χ4n) is 10.6. The van der Waals surface area contributed by atoms with Gasteiger partial charge in [0.15, 0.2) is 0 Å². The molecule has 0 aromatic heterocycles. The van der Waals surface area contributed by atoms with E-state index >= 15 is 0 Å². The van der Waals surface area contributed by atoms with Crippen LogP contribution in [0.3, 0.4) is 0 Å². The van der Waals surface area contributed by atoms with Crippen molar-refractivity contribution < 1.29 is 24.5 Å². The standard InChI is InChI=1S/C70H133NO5/c1-3-5-7-9-11-13-15-42-46-50-54-58-62-68(73)67(66-72)71-69(74)63-59-55-51-47-43-40-38-36-34-32-30-28-26-24-22-20-18-17-19-21-23-25-27-29-31-33-35-37-39-41-45-49-53-57-61-65-76-70(75)64-60-56-52-48-44-16-14-12-10-8-6-4-2/h12,14,19,21,58,62,67-68,72-73H,3-11,13,15-18,20,22-57,59-61,63-66H2,1-2H3,(H,71,74)/b14-12-,21-19-,62-58+. The van der Waals surface area contributed by atoms with Gasteiger partial charge in [-0.1, -0.05) is 314 Å². The minimum Gasteiger partial charge on any atom is -0.466 e. The Balaban J connectivity index is 3.34. The number of ether oxygens (including phenoxy) is 1. The smallest absolute Gasteiger partial charge is 0.305 e. The van der Waals surface area contributed by atoms with E-state index in [9.17, 15) is 19.8 Å². The van der Waals surface area contributed by atoms with Gasteiger partial charge in [-0.15, -0.1) is 0 Å². The third-order valence-electron chi connectivity index (χ3n) is 15.9. The number of nitrogens with one attached hydrogen (secondary N) is 1. The molecule has 3 N–H and O–H groups in total. The van der Waals surface area contributed by atoms with Crippen molar-refractivity contribution in [2.45, 2.75) is 386 Å². The Kier molecular flexibility index (Phi) is 63.9. The van der Waals surface area contributed by atoms with Crippen LogP contribution in [0.1, 0.15) is 373 Å². The number of aliphatic hydroxyl groups excluding tert-OH is 2. The van der Waals surface area contributed by atoms with E-state index in [0.717, 1.165) is 44.9 Å². The number of rotatable bonds is 64. The van der Waals surface area contributed by atoms with E-state index in [0.29, 0.717) is 19.4 Å². The maximum absolute atomic E-state index is 12.4. The zero-order chi connectivity index (χ0) is 55.0. The minimum absolute atomic E-state index is 0.00990. The zero-order valence-corrected chi connectivity index (χ0v) is 51.3. The normalized spacial score (nSPS) is 12.7. The molecule has 6 heteroatoms. The van der Waals surface area contributed by atoms with Gasteiger partial charge in [0.2, 0.25) is 5.91 Å². The number of esters is 1. The van der Waals surface area contributed by atoms with Crippen LogP contribution in [0.15, 0.2) is 36.5 Å². The van der Waals surface area contributed by atoms with Crippen molar-refractivity contribution in [1.82, 2.24) is 5.32 Å². The van der Waals surface area contributed by atoms with Crippen molar-refractivity contribution >= 4 is 11.9 Å². The first-order valence-corrected chi connectivity index (χ1v) is 34.3. The Hall–Kier alpha value is -1.92. The average Bonchev–Trinajstić information content (AvgIpc) is 3.42. The van der Waals surface area contributed by atoms with Crippen molar-refractivity contribution in [2.75, 3.05) is 13.2 Å². The van der Waals surface area contributed by atoms with E-state index in [1.807, 2.05) is 6.08 Å². The molecule has 0 rings (SSSR count). The predicted molar refractivity (Wildman–Crippen MR) is 333 cm³/mol. The van der Waals surface area contributed by atoms with Crippen LogP contribution in [-0.4, -0.2) is 47.4 Å². The maximum atomic E-state index is 12.4. The molecule has 0 aliphatic rings. The highest BCUT2D eigenvalue weighted by Gasteiger charge is 2.18. The lowest BCUT2D eigenvalue weighted by atomic mass is 10.0. The Bertz CT molecular complexity index is 1230. The lowest BCUT2D eigenvalue weighted by Crippen LogP contribution is -2.45. The molecule has 6 nitrogen and oxygen atoms in total. The Morgan fingerprint density at radius 1 is 0.355 bits per heavy atom. The van der Waals surface area contributed by atoms with E-state index < -0.39 is 12.1 Å². The summed E-state index contributed by atoms with van der Waals surface area (Å²) in [7, 11) is 0. The quantitative estimate of drug-likeness (QED) is 0.0320. The second-order valence-electron chi connectivity index (χ2n) is 23.5. The van der Waals surface area contributed by atoms with Crippen molar-refractivity contribution in [1.29, 1.82) is 0 Å². The fourth-order valence-corrected chi connectivity index (χ4v) is 10.6. The predicted octanol–water partition coefficient (Wildman–Crippen LogP) is 21.9. The summed E-state index contributed by atoms with van der Waals surface area (Å²) in [5.41, 5.74) is 0. The molecule has 2 atom stereocenters. The molecule has 2 unspecified atom stereocenters. The Morgan fingerprint density at radius 3 is 0.961 bits per heavy atom. The minimum atomic E-state index is -0.841. The van der Waals surface area contributed by atoms with E-state index in [2.05, 4.69) is 43.5 Å². The van der Waals surface area contributed by atoms with Crippen LogP contribution in [-0.2, 0) is 14.3 Å². The van der Waals surface area contributed by atoms with Crippen molar-refractivity contribution in [3.05, 3.63) is 36.5 Å². The summed E-state index contributed by atoms with van der Waals surface area (Å²) in [5.74, 6) is -0.0540. The highest BCUT2D eigenvalue weighted by molar-refractivity contribution is 5.76. The zero-order valence-electron chi connectivity index (χ0n) is 51.3. The lowest BCUT2D eigenvalue weighted by molar-refractivity contribution is -0.143. The molecule has 0 aliphatic carbocycles. The molecule has 76 heavy (non-hydrogen) atoms. The van der Waals surface area contributed by atoms with Gasteiger partial charge in [-0.25, -0.2) is 0 Å². The number of carbonyl (C=O) groups excluding carboxylic acids is 2. The monoisotopic (exact) mass is 1070 g/mol. The van der Waals surface area contributed by atoms with Gasteiger partial charge < -0.3 is 20.3 Å². The first kappa shape index (κ1) is 74.1. The largest absolute Gasteiger partial charge is 0.466 e. The summed E-state index contributed by atoms with van der Waals surface area (Å²) in [4.78, 5) is 24.5. The van der Waals surface area contributed by atoms with Crippen LogP contribution in [0.5, 0.6) is 0 Å². The average molecular weight is 1070 g/mol. The fraction of sp³-hybridized carbons (Fsp3) is 0.886. The van der Waals surface area contributed by atoms with E-state index in [4.69, 9.17) is 4.74 Å². The molecule has 0 aliphatic heterocycles. The van der Waals surface area contributed by atoms with E-state index in [-0.39, 0.29) is 18.5 Å². The highest BCUT2D eigenvalue weighted by Crippen LogP contribution is 2.18. The third kappa shape index (κ3) is 61.3. The number of hydrogen-bond acceptors (Lipinski definition) is 5. The molecule has 0 bridgehead atoms. The molecular weight excluding hydrogens is 935 g/mol. The second-order valence-corrected chi connectivity index (χ2v) is 23.5. The molecule has 0 saturated heterocycles. The summed E-state index contributed by atoms with van der Waals surface area (Å²) < 4.78 is 5.47. The SMILES string of the molecule is CCCCC/C=C\CCCCCCCC(=O)OCCCCCCCCCCCCCCCC/C=C\CCCCCCCCCCCCCCCCCCCC(=O)NC(CO)C(O)/C=C/CCCCCCCCCCCC. The van der Waals surface area contributed by atoms with Crippen molar-refractivity contribution in [2.24, 2.45) is 0 Å². The van der Waals surface area contributed by atoms with Gasteiger partial charge in [0, 0.05) is 12.8 Å². The number of allylic oxidation sites excluding steroid dienone is 5. The Morgan fingerprint density at radius 2 is 0.618 bits per heavy atom. The molecule has 0 radical (unpaired) electrons. The number of carbonyl (C=O) groups is 2. The third-order valence-corrected chi connectivity index (χ3v) is 15.9. The summed E-state index contributed by atoms with van der Waals surface area (Å²) in [6, 6.07) is -0.624. The van der Waals surface area contributed by atoms with Crippen LogP contribution in [0, 0.1) is 0 Å². The van der Waals surface area contributed by atoms with Crippen LogP contribution in [0.25, 0.3) is 0 Å². The van der Waals surface area contributed by atoms with Gasteiger partial charge in [-0.3, -0.25) is 9.59 Å². The molecule has 0 fully saturated rings. The number of amides is 1. The molecule has 0 heterocycles. The van der Waals surface area contributed by atoms with E-state index in [1.165, 1.54) is 302 Å². The molecule has 0 saturated carbocycles. The summed E-state index contributed by atoms with van der Waals surface area (Å²) >= 11 is 0. The summed E-state index contributed by atoms with van der Waals surface area (Å²) in [6.07, 6.45) is 83.8. The summed E-state index contributed by atoms with van der Waals surface area (Å²) in [5, 5.41) is 23.1. The number of hydrogen-bond donors (Lipinski definition) is 3. The van der Waals surface area contributed by atoms with Gasteiger partial charge in [-0.2, -0.15) is 0 Å². The topological polar surface area (TPSA) is 95.9 Å². The van der Waals surface area contributed by atoms with Crippen molar-refractivity contribution in [3.63, 3.8) is 0 Å². The molecule has 1 amide bonds. The van der Waals surface area contributed by atoms with Gasteiger partial charge >= 0.3 is 5.97 Å². The van der Waals surface area contributed by atoms with Crippen LogP contribution in [0.2, 0.25) is 0 Å². The maximum Gasteiger partial charge on any atom is 0.305 e. The second kappa shape index (κ2) is 65.6. The van der Waals surface area contributed by atoms with Crippen molar-refractivity contribution in [3.8, 4) is 0 Å². The summed E-state index contributed by atoms with van der Waals surface area (Å²) in [6.45, 7) is 4.89. The molecule has 448 valence electrons. The Labute approximate surface area is 474 Å². The van der Waals surface area contributed by atoms with E-state index in [1.54, 1.807) is 6.08 Å². The molecule has 0 aromatic rings. The van der Waals surface area contributed by atoms with Crippen LogP contribution in [0.4, 0.5) is 0 Å². The first-order chi connectivity index (χ1) is 37.5. The van der Waals surface area contributed by atoms with Gasteiger partial charge in [0.05, 0.1) is 25.4 Å². The molecule has 0 spiro atoms. The first-order valence-electron chi connectivity index (χ1n) is 34.3. The van der Waals surface area contributed by atoms with Gasteiger partial charge in [0.1, 0.15) is 0 Å². The lowest BCUT2D eigenvalue weighted by Gasteiger charge is -2.20. The highest BCUT2D eigenvalue weighted by atomic mass is 16.5. The molecular formula is C70H133NO5. The van der Waals surface area contributed by atoms with Gasteiger partial charge in [-0.05, 0) is 83.5 Å².